The molecule has 0 unspecified atom stereocenters. The van der Waals surface area contributed by atoms with E-state index in [0.29, 0.717) is 0 Å². The predicted molar refractivity (Wildman–Crippen MR) is 51.0 cm³/mol. The first-order valence-corrected chi connectivity index (χ1v) is 4.75. The third kappa shape index (κ3) is 2.43. The van der Waals surface area contributed by atoms with E-state index in [0.717, 1.165) is 6.42 Å². The lowest BCUT2D eigenvalue weighted by Gasteiger charge is -1.98. The standard InChI is InChI=1S/C10H11S/c1-3-5-9-6-4-7-10(8-9)11-2/h3-4,7-8H,1,5H2,2H3. The van der Waals surface area contributed by atoms with Crippen LogP contribution < -0.4 is 0 Å². The second-order valence-electron chi connectivity index (χ2n) is 2.25. The summed E-state index contributed by atoms with van der Waals surface area (Å²) in [6.07, 6.45) is 4.89. The summed E-state index contributed by atoms with van der Waals surface area (Å²) in [6, 6.07) is 9.33. The summed E-state index contributed by atoms with van der Waals surface area (Å²) in [7, 11) is 0. The third-order valence-corrected chi connectivity index (χ3v) is 2.16. The second-order valence-corrected chi connectivity index (χ2v) is 3.13. The van der Waals surface area contributed by atoms with Crippen LogP contribution in [0.3, 0.4) is 0 Å². The van der Waals surface area contributed by atoms with Crippen LogP contribution in [-0.4, -0.2) is 6.26 Å². The van der Waals surface area contributed by atoms with Gasteiger partial charge in [0.15, 0.2) is 0 Å². The number of thioether (sulfide) groups is 1. The average Bonchev–Trinajstić information content (AvgIpc) is 2.06. The molecule has 0 saturated carbocycles. The minimum Gasteiger partial charge on any atom is -0.130 e. The van der Waals surface area contributed by atoms with E-state index in [9.17, 15) is 0 Å². The Kier molecular flexibility index (Phi) is 3.24. The van der Waals surface area contributed by atoms with Crippen LogP contribution in [0.4, 0.5) is 0 Å². The topological polar surface area (TPSA) is 0 Å². The molecule has 0 atom stereocenters. The molecule has 1 radical (unpaired) electrons. The van der Waals surface area contributed by atoms with Gasteiger partial charge in [0, 0.05) is 4.90 Å². The normalized spacial score (nSPS) is 9.55. The summed E-state index contributed by atoms with van der Waals surface area (Å²) >= 11 is 1.75. The van der Waals surface area contributed by atoms with Crippen LogP contribution in [0.5, 0.6) is 0 Å². The van der Waals surface area contributed by atoms with E-state index in [1.165, 1.54) is 10.5 Å². The lowest BCUT2D eigenvalue weighted by molar-refractivity contribution is 1.23. The molecule has 0 aliphatic rings. The van der Waals surface area contributed by atoms with Crippen molar-refractivity contribution in [3.05, 3.63) is 42.5 Å². The number of benzene rings is 1. The summed E-state index contributed by atoms with van der Waals surface area (Å²) in [5, 5.41) is 0. The van der Waals surface area contributed by atoms with Gasteiger partial charge in [-0.3, -0.25) is 0 Å². The minimum absolute atomic E-state index is 0.911. The van der Waals surface area contributed by atoms with E-state index in [4.69, 9.17) is 0 Å². The van der Waals surface area contributed by atoms with Gasteiger partial charge >= 0.3 is 0 Å². The molecule has 0 N–H and O–H groups in total. The first-order chi connectivity index (χ1) is 5.36. The van der Waals surface area contributed by atoms with Crippen LogP contribution in [0.2, 0.25) is 0 Å². The van der Waals surface area contributed by atoms with E-state index in [1.54, 1.807) is 11.8 Å². The van der Waals surface area contributed by atoms with Crippen LogP contribution in [0.15, 0.2) is 35.7 Å². The van der Waals surface area contributed by atoms with E-state index >= 15 is 0 Å². The van der Waals surface area contributed by atoms with Crippen molar-refractivity contribution >= 4 is 11.8 Å². The van der Waals surface area contributed by atoms with Gasteiger partial charge in [-0.25, -0.2) is 0 Å². The molecule has 11 heavy (non-hydrogen) atoms. The molecule has 1 aromatic carbocycles. The Balaban J connectivity index is 2.82. The molecule has 0 aromatic heterocycles. The average molecular weight is 163 g/mol. The van der Waals surface area contributed by atoms with Gasteiger partial charge in [0.2, 0.25) is 0 Å². The molecule has 0 aliphatic carbocycles. The highest BCUT2D eigenvalue weighted by atomic mass is 32.2. The molecule has 1 heteroatoms. The maximum atomic E-state index is 3.68. The monoisotopic (exact) mass is 163 g/mol. The molecule has 1 rings (SSSR count). The van der Waals surface area contributed by atoms with Crippen molar-refractivity contribution in [2.75, 3.05) is 6.26 Å². The number of hydrogen-bond donors (Lipinski definition) is 0. The minimum atomic E-state index is 0.911. The zero-order chi connectivity index (χ0) is 8.10. The van der Waals surface area contributed by atoms with Gasteiger partial charge in [0.1, 0.15) is 0 Å². The third-order valence-electron chi connectivity index (χ3n) is 1.43. The summed E-state index contributed by atoms with van der Waals surface area (Å²) < 4.78 is 0. The fraction of sp³-hybridized carbons (Fsp3) is 0.200. The van der Waals surface area contributed by atoms with Gasteiger partial charge < -0.3 is 0 Å². The van der Waals surface area contributed by atoms with Crippen molar-refractivity contribution in [3.63, 3.8) is 0 Å². The SMILES string of the molecule is C=CCc1[c]ccc(SC)c1. The fourth-order valence-electron chi connectivity index (χ4n) is 0.893. The zero-order valence-corrected chi connectivity index (χ0v) is 7.45. The molecular weight excluding hydrogens is 152 g/mol. The van der Waals surface area contributed by atoms with Crippen molar-refractivity contribution in [2.45, 2.75) is 11.3 Å². The van der Waals surface area contributed by atoms with Crippen molar-refractivity contribution < 1.29 is 0 Å². The Labute approximate surface area is 72.3 Å². The smallest absolute Gasteiger partial charge is 0.00724 e. The van der Waals surface area contributed by atoms with Crippen LogP contribution in [0, 0.1) is 6.07 Å². The van der Waals surface area contributed by atoms with E-state index in [-0.39, 0.29) is 0 Å². The van der Waals surface area contributed by atoms with Gasteiger partial charge in [0.25, 0.3) is 0 Å². The van der Waals surface area contributed by atoms with Gasteiger partial charge in [-0.05, 0) is 36.4 Å². The first kappa shape index (κ1) is 8.41. The molecular formula is C10H11S. The predicted octanol–water partition coefficient (Wildman–Crippen LogP) is 2.94. The molecule has 57 valence electrons. The molecule has 0 saturated heterocycles. The Bertz CT molecular complexity index is 240. The highest BCUT2D eigenvalue weighted by Crippen LogP contribution is 2.15. The Hall–Kier alpha value is -0.690. The summed E-state index contributed by atoms with van der Waals surface area (Å²) in [6.45, 7) is 3.68. The van der Waals surface area contributed by atoms with Gasteiger partial charge in [-0.15, -0.1) is 18.3 Å². The molecule has 0 bridgehead atoms. The van der Waals surface area contributed by atoms with Gasteiger partial charge in [-0.2, -0.15) is 0 Å². The lowest BCUT2D eigenvalue weighted by Crippen LogP contribution is -1.80. The Morgan fingerprint density at radius 2 is 2.55 bits per heavy atom. The van der Waals surface area contributed by atoms with Gasteiger partial charge in [0.05, 0.1) is 0 Å². The summed E-state index contributed by atoms with van der Waals surface area (Å²) in [4.78, 5) is 1.29. The van der Waals surface area contributed by atoms with Crippen LogP contribution in [0.25, 0.3) is 0 Å². The summed E-state index contributed by atoms with van der Waals surface area (Å²) in [5.74, 6) is 0. The fourth-order valence-corrected chi connectivity index (χ4v) is 1.36. The van der Waals surface area contributed by atoms with E-state index < -0.39 is 0 Å². The largest absolute Gasteiger partial charge is 0.130 e. The zero-order valence-electron chi connectivity index (χ0n) is 6.63. The lowest BCUT2D eigenvalue weighted by atomic mass is 10.2. The summed E-state index contributed by atoms with van der Waals surface area (Å²) in [5.41, 5.74) is 1.21. The highest BCUT2D eigenvalue weighted by Gasteiger charge is 1.91. The van der Waals surface area contributed by atoms with Crippen LogP contribution >= 0.6 is 11.8 Å². The van der Waals surface area contributed by atoms with Crippen molar-refractivity contribution in [2.24, 2.45) is 0 Å². The molecule has 0 heterocycles. The van der Waals surface area contributed by atoms with Crippen molar-refractivity contribution in [1.29, 1.82) is 0 Å². The number of hydrogen-bond acceptors (Lipinski definition) is 1. The molecule has 0 nitrogen and oxygen atoms in total. The number of allylic oxidation sites excluding steroid dienone is 1. The number of rotatable bonds is 3. The van der Waals surface area contributed by atoms with Gasteiger partial charge in [-0.1, -0.05) is 12.1 Å². The quantitative estimate of drug-likeness (QED) is 0.487. The second kappa shape index (κ2) is 4.24. The maximum absolute atomic E-state index is 3.68. The molecule has 0 spiro atoms. The van der Waals surface area contributed by atoms with Crippen molar-refractivity contribution in [1.82, 2.24) is 0 Å². The first-order valence-electron chi connectivity index (χ1n) is 3.52. The molecule has 0 amide bonds. The van der Waals surface area contributed by atoms with Crippen LogP contribution in [-0.2, 0) is 6.42 Å². The Morgan fingerprint density at radius 1 is 1.73 bits per heavy atom. The van der Waals surface area contributed by atoms with Crippen molar-refractivity contribution in [3.8, 4) is 0 Å². The Morgan fingerprint density at radius 3 is 3.18 bits per heavy atom. The maximum Gasteiger partial charge on any atom is 0.00724 e. The van der Waals surface area contributed by atoms with E-state index in [2.05, 4.69) is 31.0 Å². The molecule has 0 aliphatic heterocycles. The molecule has 1 aromatic rings. The van der Waals surface area contributed by atoms with Crippen LogP contribution in [0.1, 0.15) is 5.56 Å². The molecule has 0 fully saturated rings. The highest BCUT2D eigenvalue weighted by molar-refractivity contribution is 7.98. The van der Waals surface area contributed by atoms with E-state index in [1.807, 2.05) is 12.1 Å².